The quantitative estimate of drug-likeness (QED) is 0.840. The molecule has 1 unspecified atom stereocenters. The molecule has 0 bridgehead atoms. The molecule has 2 rings (SSSR count). The SMILES string of the molecule is CC(C)Oc1cc(N2CCCC2CN(C)C)ccc1N. The highest BCUT2D eigenvalue weighted by molar-refractivity contribution is 5.63. The van der Waals surface area contributed by atoms with Gasteiger partial charge in [-0.15, -0.1) is 0 Å². The van der Waals surface area contributed by atoms with Crippen LogP contribution in [0, 0.1) is 0 Å². The van der Waals surface area contributed by atoms with E-state index in [-0.39, 0.29) is 6.10 Å². The van der Waals surface area contributed by atoms with Crippen LogP contribution in [0.2, 0.25) is 0 Å². The van der Waals surface area contributed by atoms with Gasteiger partial charge in [0.25, 0.3) is 0 Å². The summed E-state index contributed by atoms with van der Waals surface area (Å²) in [5.41, 5.74) is 7.94. The van der Waals surface area contributed by atoms with Crippen LogP contribution in [-0.4, -0.2) is 44.2 Å². The summed E-state index contributed by atoms with van der Waals surface area (Å²) in [6.45, 7) is 6.25. The van der Waals surface area contributed by atoms with Gasteiger partial charge < -0.3 is 20.3 Å². The Hall–Kier alpha value is -1.42. The molecule has 0 spiro atoms. The molecular formula is C16H27N3O. The first kappa shape index (κ1) is 15.0. The zero-order valence-corrected chi connectivity index (χ0v) is 13.1. The van der Waals surface area contributed by atoms with Gasteiger partial charge in [0.1, 0.15) is 5.75 Å². The first-order valence-electron chi connectivity index (χ1n) is 7.45. The summed E-state index contributed by atoms with van der Waals surface area (Å²) < 4.78 is 5.80. The van der Waals surface area contributed by atoms with Crippen molar-refractivity contribution >= 4 is 11.4 Å². The molecule has 112 valence electrons. The van der Waals surface area contributed by atoms with Crippen molar-refractivity contribution in [2.75, 3.05) is 37.8 Å². The van der Waals surface area contributed by atoms with Crippen molar-refractivity contribution in [3.8, 4) is 5.75 Å². The van der Waals surface area contributed by atoms with Gasteiger partial charge in [0.2, 0.25) is 0 Å². The lowest BCUT2D eigenvalue weighted by atomic mass is 10.2. The Labute approximate surface area is 122 Å². The number of hydrogen-bond donors (Lipinski definition) is 1. The summed E-state index contributed by atoms with van der Waals surface area (Å²) >= 11 is 0. The van der Waals surface area contributed by atoms with Crippen LogP contribution in [0.25, 0.3) is 0 Å². The molecule has 1 atom stereocenters. The molecule has 2 N–H and O–H groups in total. The van der Waals surface area contributed by atoms with E-state index in [9.17, 15) is 0 Å². The number of anilines is 2. The lowest BCUT2D eigenvalue weighted by molar-refractivity contribution is 0.244. The smallest absolute Gasteiger partial charge is 0.144 e. The molecule has 4 nitrogen and oxygen atoms in total. The number of likely N-dealkylation sites (N-methyl/N-ethyl adjacent to an activating group) is 1. The average molecular weight is 277 g/mol. The van der Waals surface area contributed by atoms with E-state index < -0.39 is 0 Å². The number of nitrogens with two attached hydrogens (primary N) is 1. The molecule has 1 saturated heterocycles. The van der Waals surface area contributed by atoms with Gasteiger partial charge in [-0.25, -0.2) is 0 Å². The molecule has 1 heterocycles. The fourth-order valence-corrected chi connectivity index (χ4v) is 2.84. The summed E-state index contributed by atoms with van der Waals surface area (Å²) in [5.74, 6) is 0.799. The van der Waals surface area contributed by atoms with Crippen molar-refractivity contribution < 1.29 is 4.74 Å². The standard InChI is InChI=1S/C16H27N3O/c1-12(2)20-16-10-13(7-8-15(16)17)19-9-5-6-14(19)11-18(3)4/h7-8,10,12,14H,5-6,9,11,17H2,1-4H3. The second kappa shape index (κ2) is 6.35. The minimum atomic E-state index is 0.142. The van der Waals surface area contributed by atoms with Crippen molar-refractivity contribution in [1.82, 2.24) is 4.90 Å². The number of hydrogen-bond acceptors (Lipinski definition) is 4. The summed E-state index contributed by atoms with van der Waals surface area (Å²) in [4.78, 5) is 4.73. The fraction of sp³-hybridized carbons (Fsp3) is 0.625. The van der Waals surface area contributed by atoms with E-state index >= 15 is 0 Å². The monoisotopic (exact) mass is 277 g/mol. The number of ether oxygens (including phenoxy) is 1. The van der Waals surface area contributed by atoms with E-state index in [4.69, 9.17) is 10.5 Å². The highest BCUT2D eigenvalue weighted by atomic mass is 16.5. The molecule has 1 aromatic rings. The zero-order valence-electron chi connectivity index (χ0n) is 13.1. The summed E-state index contributed by atoms with van der Waals surface area (Å²) in [7, 11) is 4.26. The normalized spacial score (nSPS) is 19.1. The van der Waals surface area contributed by atoms with Crippen LogP contribution in [-0.2, 0) is 0 Å². The van der Waals surface area contributed by atoms with E-state index in [1.807, 2.05) is 19.9 Å². The average Bonchev–Trinajstić information content (AvgIpc) is 2.78. The topological polar surface area (TPSA) is 41.7 Å². The molecule has 1 aliphatic heterocycles. The predicted molar refractivity (Wildman–Crippen MR) is 85.5 cm³/mol. The lowest BCUT2D eigenvalue weighted by Crippen LogP contribution is -2.37. The van der Waals surface area contributed by atoms with Crippen LogP contribution < -0.4 is 15.4 Å². The van der Waals surface area contributed by atoms with Gasteiger partial charge in [0.05, 0.1) is 11.8 Å². The summed E-state index contributed by atoms with van der Waals surface area (Å²) in [6.07, 6.45) is 2.65. The third kappa shape index (κ3) is 3.57. The lowest BCUT2D eigenvalue weighted by Gasteiger charge is -2.29. The Morgan fingerprint density at radius 2 is 2.15 bits per heavy atom. The van der Waals surface area contributed by atoms with Gasteiger partial charge in [-0.2, -0.15) is 0 Å². The Morgan fingerprint density at radius 3 is 2.80 bits per heavy atom. The van der Waals surface area contributed by atoms with Crippen molar-refractivity contribution in [2.24, 2.45) is 0 Å². The second-order valence-electron chi connectivity index (χ2n) is 6.14. The van der Waals surface area contributed by atoms with Gasteiger partial charge in [-0.1, -0.05) is 0 Å². The molecule has 1 fully saturated rings. The molecule has 1 aromatic carbocycles. The Kier molecular flexibility index (Phi) is 4.76. The van der Waals surface area contributed by atoms with Gasteiger partial charge in [0.15, 0.2) is 0 Å². The van der Waals surface area contributed by atoms with Gasteiger partial charge >= 0.3 is 0 Å². The first-order valence-corrected chi connectivity index (χ1v) is 7.45. The molecule has 0 aliphatic carbocycles. The molecule has 0 saturated carbocycles. The van der Waals surface area contributed by atoms with Gasteiger partial charge in [-0.05, 0) is 52.9 Å². The van der Waals surface area contributed by atoms with Crippen molar-refractivity contribution in [2.45, 2.75) is 38.8 Å². The van der Waals surface area contributed by atoms with Crippen LogP contribution in [0.1, 0.15) is 26.7 Å². The van der Waals surface area contributed by atoms with E-state index in [0.717, 1.165) is 18.8 Å². The maximum atomic E-state index is 6.00. The maximum Gasteiger partial charge on any atom is 0.144 e. The van der Waals surface area contributed by atoms with Gasteiger partial charge in [0, 0.05) is 30.9 Å². The molecule has 20 heavy (non-hydrogen) atoms. The maximum absolute atomic E-state index is 6.00. The van der Waals surface area contributed by atoms with E-state index in [2.05, 4.69) is 36.0 Å². The molecule has 4 heteroatoms. The predicted octanol–water partition coefficient (Wildman–Crippen LogP) is 2.59. The Morgan fingerprint density at radius 1 is 1.40 bits per heavy atom. The number of nitrogens with zero attached hydrogens (tertiary/aromatic N) is 2. The fourth-order valence-electron chi connectivity index (χ4n) is 2.84. The molecular weight excluding hydrogens is 250 g/mol. The van der Waals surface area contributed by atoms with Crippen LogP contribution in [0.4, 0.5) is 11.4 Å². The second-order valence-corrected chi connectivity index (χ2v) is 6.14. The van der Waals surface area contributed by atoms with Crippen LogP contribution in [0.5, 0.6) is 5.75 Å². The van der Waals surface area contributed by atoms with Gasteiger partial charge in [-0.3, -0.25) is 0 Å². The number of rotatable bonds is 5. The van der Waals surface area contributed by atoms with E-state index in [0.29, 0.717) is 11.7 Å². The molecule has 0 aromatic heterocycles. The minimum Gasteiger partial charge on any atom is -0.489 e. The third-order valence-corrected chi connectivity index (χ3v) is 3.64. The van der Waals surface area contributed by atoms with Crippen LogP contribution in [0.15, 0.2) is 18.2 Å². The third-order valence-electron chi connectivity index (χ3n) is 3.64. The van der Waals surface area contributed by atoms with Crippen molar-refractivity contribution in [3.63, 3.8) is 0 Å². The molecule has 1 aliphatic rings. The van der Waals surface area contributed by atoms with Crippen molar-refractivity contribution in [1.29, 1.82) is 0 Å². The Bertz CT molecular complexity index is 445. The highest BCUT2D eigenvalue weighted by Crippen LogP contribution is 2.32. The first-order chi connectivity index (χ1) is 9.47. The summed E-state index contributed by atoms with van der Waals surface area (Å²) in [6, 6.07) is 6.73. The molecule has 0 amide bonds. The number of benzene rings is 1. The van der Waals surface area contributed by atoms with E-state index in [1.165, 1.54) is 18.5 Å². The Balaban J connectivity index is 2.19. The largest absolute Gasteiger partial charge is 0.489 e. The minimum absolute atomic E-state index is 0.142. The van der Waals surface area contributed by atoms with Crippen LogP contribution >= 0.6 is 0 Å². The molecule has 0 radical (unpaired) electrons. The number of nitrogen functional groups attached to an aromatic ring is 1. The highest BCUT2D eigenvalue weighted by Gasteiger charge is 2.25. The van der Waals surface area contributed by atoms with Crippen LogP contribution in [0.3, 0.4) is 0 Å². The summed E-state index contributed by atoms with van der Waals surface area (Å²) in [5, 5.41) is 0. The van der Waals surface area contributed by atoms with Crippen molar-refractivity contribution in [3.05, 3.63) is 18.2 Å². The van der Waals surface area contributed by atoms with E-state index in [1.54, 1.807) is 0 Å². The zero-order chi connectivity index (χ0) is 14.7.